The molecule has 0 radical (unpaired) electrons. The number of hydrogen-bond donors (Lipinski definition) is 3. The van der Waals surface area contributed by atoms with E-state index < -0.39 is 18.0 Å². The molecule has 0 bridgehead atoms. The molecule has 6 nitrogen and oxygen atoms in total. The maximum Gasteiger partial charge on any atom is 0.321 e. The predicted molar refractivity (Wildman–Crippen MR) is 59.0 cm³/mol. The van der Waals surface area contributed by atoms with Gasteiger partial charge in [-0.25, -0.2) is 4.79 Å². The molecule has 0 aromatic carbocycles. The van der Waals surface area contributed by atoms with Crippen molar-refractivity contribution in [2.45, 2.75) is 32.0 Å². The molecule has 0 aliphatic carbocycles. The maximum absolute atomic E-state index is 11.5. The standard InChI is InChI=1S/C10H19N3O3/c1-7(9(14)13-10(15)11-2)16-8-4-3-5-12-6-8/h7-8,12H,3-6H2,1-2H3,(H2,11,13,14,15)/t7?,8-/m0/s1. The Morgan fingerprint density at radius 3 is 2.81 bits per heavy atom. The molecule has 2 atom stereocenters. The number of rotatable bonds is 3. The van der Waals surface area contributed by atoms with Crippen molar-refractivity contribution in [2.75, 3.05) is 20.1 Å². The zero-order valence-corrected chi connectivity index (χ0v) is 9.71. The van der Waals surface area contributed by atoms with Gasteiger partial charge in [-0.15, -0.1) is 0 Å². The van der Waals surface area contributed by atoms with Crippen LogP contribution in [0.1, 0.15) is 19.8 Å². The van der Waals surface area contributed by atoms with Gasteiger partial charge < -0.3 is 15.4 Å². The quantitative estimate of drug-likeness (QED) is 0.615. The Bertz CT molecular complexity index is 252. The van der Waals surface area contributed by atoms with E-state index in [0.717, 1.165) is 25.9 Å². The number of ether oxygens (including phenoxy) is 1. The van der Waals surface area contributed by atoms with Crippen molar-refractivity contribution < 1.29 is 14.3 Å². The van der Waals surface area contributed by atoms with Crippen LogP contribution in [0.5, 0.6) is 0 Å². The third kappa shape index (κ3) is 4.16. The van der Waals surface area contributed by atoms with Crippen molar-refractivity contribution in [1.29, 1.82) is 0 Å². The van der Waals surface area contributed by atoms with Crippen molar-refractivity contribution >= 4 is 11.9 Å². The Morgan fingerprint density at radius 2 is 2.25 bits per heavy atom. The van der Waals surface area contributed by atoms with Gasteiger partial charge in [-0.2, -0.15) is 0 Å². The van der Waals surface area contributed by atoms with Gasteiger partial charge in [-0.1, -0.05) is 0 Å². The van der Waals surface area contributed by atoms with Crippen LogP contribution in [0.4, 0.5) is 4.79 Å². The number of amides is 3. The van der Waals surface area contributed by atoms with Gasteiger partial charge in [0.1, 0.15) is 6.10 Å². The Kier molecular flexibility index (Phi) is 5.21. The highest BCUT2D eigenvalue weighted by molar-refractivity contribution is 5.96. The van der Waals surface area contributed by atoms with Gasteiger partial charge >= 0.3 is 6.03 Å². The summed E-state index contributed by atoms with van der Waals surface area (Å²) >= 11 is 0. The monoisotopic (exact) mass is 229 g/mol. The van der Waals surface area contributed by atoms with Gasteiger partial charge in [0.25, 0.3) is 5.91 Å². The summed E-state index contributed by atoms with van der Waals surface area (Å²) in [6.45, 7) is 3.41. The predicted octanol–water partition coefficient (Wildman–Crippen LogP) is -0.401. The lowest BCUT2D eigenvalue weighted by atomic mass is 10.1. The highest BCUT2D eigenvalue weighted by atomic mass is 16.5. The van der Waals surface area contributed by atoms with Crippen LogP contribution >= 0.6 is 0 Å². The third-order valence-electron chi connectivity index (χ3n) is 2.48. The van der Waals surface area contributed by atoms with Gasteiger partial charge in [0, 0.05) is 13.6 Å². The summed E-state index contributed by atoms with van der Waals surface area (Å²) in [5, 5.41) is 7.70. The number of imide groups is 1. The first kappa shape index (κ1) is 12.9. The van der Waals surface area contributed by atoms with E-state index in [1.165, 1.54) is 7.05 Å². The Morgan fingerprint density at radius 1 is 1.50 bits per heavy atom. The first-order valence-electron chi connectivity index (χ1n) is 5.52. The molecule has 92 valence electrons. The molecule has 1 fully saturated rings. The number of piperidine rings is 1. The summed E-state index contributed by atoms with van der Waals surface area (Å²) in [5.41, 5.74) is 0. The number of carbonyl (C=O) groups is 2. The second-order valence-electron chi connectivity index (χ2n) is 3.82. The van der Waals surface area contributed by atoms with Gasteiger partial charge in [-0.3, -0.25) is 10.1 Å². The first-order chi connectivity index (χ1) is 7.63. The van der Waals surface area contributed by atoms with Gasteiger partial charge in [0.2, 0.25) is 0 Å². The molecule has 0 saturated carbocycles. The molecule has 3 amide bonds. The lowest BCUT2D eigenvalue weighted by Gasteiger charge is -2.25. The fourth-order valence-corrected chi connectivity index (χ4v) is 1.56. The lowest BCUT2D eigenvalue weighted by Crippen LogP contribution is -2.45. The molecule has 1 unspecified atom stereocenters. The lowest BCUT2D eigenvalue weighted by molar-refractivity contribution is -0.134. The number of urea groups is 1. The zero-order chi connectivity index (χ0) is 12.0. The maximum atomic E-state index is 11.5. The minimum Gasteiger partial charge on any atom is -0.364 e. The summed E-state index contributed by atoms with van der Waals surface area (Å²) in [5.74, 6) is -0.412. The number of carbonyl (C=O) groups excluding carboxylic acids is 2. The molecule has 3 N–H and O–H groups in total. The van der Waals surface area contributed by atoms with Crippen molar-refractivity contribution in [3.05, 3.63) is 0 Å². The molecule has 1 rings (SSSR count). The second kappa shape index (κ2) is 6.44. The Labute approximate surface area is 95.1 Å². The van der Waals surface area contributed by atoms with Crippen LogP contribution in [-0.2, 0) is 9.53 Å². The van der Waals surface area contributed by atoms with Gasteiger partial charge in [0.05, 0.1) is 6.10 Å². The molecular formula is C10H19N3O3. The van der Waals surface area contributed by atoms with Crippen LogP contribution in [0.25, 0.3) is 0 Å². The van der Waals surface area contributed by atoms with Crippen molar-refractivity contribution in [1.82, 2.24) is 16.0 Å². The summed E-state index contributed by atoms with van der Waals surface area (Å²) < 4.78 is 5.54. The average Bonchev–Trinajstić information content (AvgIpc) is 2.30. The van der Waals surface area contributed by atoms with Crippen LogP contribution in [0.15, 0.2) is 0 Å². The van der Waals surface area contributed by atoms with E-state index in [4.69, 9.17) is 4.74 Å². The van der Waals surface area contributed by atoms with E-state index in [1.54, 1.807) is 6.92 Å². The minimum atomic E-state index is -0.609. The van der Waals surface area contributed by atoms with E-state index in [2.05, 4.69) is 16.0 Å². The van der Waals surface area contributed by atoms with E-state index in [1.807, 2.05) is 0 Å². The Balaban J connectivity index is 2.29. The topological polar surface area (TPSA) is 79.5 Å². The number of hydrogen-bond acceptors (Lipinski definition) is 4. The summed E-state index contributed by atoms with van der Waals surface area (Å²) in [6, 6.07) is -0.512. The smallest absolute Gasteiger partial charge is 0.321 e. The summed E-state index contributed by atoms with van der Waals surface area (Å²) in [7, 11) is 1.46. The SMILES string of the molecule is CNC(=O)NC(=O)C(C)O[C@H]1CCCNC1. The fraction of sp³-hybridized carbons (Fsp3) is 0.800. The highest BCUT2D eigenvalue weighted by Gasteiger charge is 2.21. The van der Waals surface area contributed by atoms with Crippen LogP contribution < -0.4 is 16.0 Å². The van der Waals surface area contributed by atoms with Crippen LogP contribution in [0, 0.1) is 0 Å². The van der Waals surface area contributed by atoms with Gasteiger partial charge in [-0.05, 0) is 26.3 Å². The minimum absolute atomic E-state index is 0.0548. The fourth-order valence-electron chi connectivity index (χ4n) is 1.56. The molecule has 1 aliphatic rings. The molecule has 16 heavy (non-hydrogen) atoms. The van der Waals surface area contributed by atoms with E-state index in [0.29, 0.717) is 0 Å². The van der Waals surface area contributed by atoms with E-state index in [-0.39, 0.29) is 6.10 Å². The van der Waals surface area contributed by atoms with E-state index >= 15 is 0 Å². The van der Waals surface area contributed by atoms with Crippen LogP contribution in [0.2, 0.25) is 0 Å². The highest BCUT2D eigenvalue weighted by Crippen LogP contribution is 2.08. The largest absolute Gasteiger partial charge is 0.364 e. The Hall–Kier alpha value is -1.14. The molecule has 6 heteroatoms. The van der Waals surface area contributed by atoms with Crippen molar-refractivity contribution in [3.63, 3.8) is 0 Å². The van der Waals surface area contributed by atoms with Crippen molar-refractivity contribution in [2.24, 2.45) is 0 Å². The normalized spacial score (nSPS) is 22.2. The second-order valence-corrected chi connectivity index (χ2v) is 3.82. The molecule has 0 spiro atoms. The zero-order valence-electron chi connectivity index (χ0n) is 9.71. The van der Waals surface area contributed by atoms with E-state index in [9.17, 15) is 9.59 Å². The average molecular weight is 229 g/mol. The van der Waals surface area contributed by atoms with Gasteiger partial charge in [0.15, 0.2) is 0 Å². The number of nitrogens with one attached hydrogen (secondary N) is 3. The third-order valence-corrected chi connectivity index (χ3v) is 2.48. The van der Waals surface area contributed by atoms with Crippen molar-refractivity contribution in [3.8, 4) is 0 Å². The molecule has 1 aliphatic heterocycles. The molecule has 0 aromatic heterocycles. The molecular weight excluding hydrogens is 210 g/mol. The van der Waals surface area contributed by atoms with Crippen LogP contribution in [0.3, 0.4) is 0 Å². The molecule has 1 heterocycles. The molecule has 1 saturated heterocycles. The summed E-state index contributed by atoms with van der Waals surface area (Å²) in [6.07, 6.45) is 1.44. The van der Waals surface area contributed by atoms with Crippen LogP contribution in [-0.4, -0.2) is 44.3 Å². The molecule has 0 aromatic rings. The first-order valence-corrected chi connectivity index (χ1v) is 5.52. The summed E-state index contributed by atoms with van der Waals surface area (Å²) in [4.78, 5) is 22.4.